The average molecular weight is 645 g/mol. The van der Waals surface area contributed by atoms with Gasteiger partial charge in [-0.15, -0.1) is 0 Å². The van der Waals surface area contributed by atoms with Gasteiger partial charge < -0.3 is 34.7 Å². The van der Waals surface area contributed by atoms with Gasteiger partial charge in [-0.3, -0.25) is 14.5 Å². The number of β-amino-alcohol motifs (C(OH)–C–C–N with tert-alkyl or cyclic N) is 1. The number of carbonyl (C=O) groups is 2. The number of carbonyl (C=O) groups excluding carboxylic acids is 2. The fraction of sp³-hybridized carbons (Fsp3) is 0.528. The van der Waals surface area contributed by atoms with Crippen molar-refractivity contribution in [1.29, 1.82) is 0 Å². The Hall–Kier alpha value is -4.09. The summed E-state index contributed by atoms with van der Waals surface area (Å²) in [5.74, 6) is 1.47. The van der Waals surface area contributed by atoms with Gasteiger partial charge in [0.25, 0.3) is 5.91 Å². The minimum absolute atomic E-state index is 0.122. The molecule has 252 valence electrons. The van der Waals surface area contributed by atoms with Gasteiger partial charge in [-0.2, -0.15) is 0 Å². The number of aliphatic hydroxyl groups is 1. The lowest BCUT2D eigenvalue weighted by atomic mass is 9.99. The number of hydrogen-bond acceptors (Lipinski definition) is 9. The molecule has 11 heteroatoms. The van der Waals surface area contributed by atoms with Crippen LogP contribution in [0.15, 0.2) is 47.2 Å². The van der Waals surface area contributed by atoms with Crippen molar-refractivity contribution in [3.05, 3.63) is 70.9 Å². The summed E-state index contributed by atoms with van der Waals surface area (Å²) >= 11 is 0. The summed E-state index contributed by atoms with van der Waals surface area (Å²) in [7, 11) is 0. The van der Waals surface area contributed by atoms with Gasteiger partial charge in [0.1, 0.15) is 12.4 Å². The quantitative estimate of drug-likeness (QED) is 0.283. The number of rotatable bonds is 11. The Morgan fingerprint density at radius 1 is 1.04 bits per heavy atom. The van der Waals surface area contributed by atoms with Gasteiger partial charge in [-0.1, -0.05) is 6.07 Å². The number of ether oxygens (including phenoxy) is 1. The van der Waals surface area contributed by atoms with Crippen LogP contribution in [-0.2, 0) is 24.4 Å². The highest BCUT2D eigenvalue weighted by molar-refractivity contribution is 5.96. The molecule has 0 saturated carbocycles. The fourth-order valence-corrected chi connectivity index (χ4v) is 6.86. The Morgan fingerprint density at radius 2 is 1.85 bits per heavy atom. The molecule has 2 saturated heterocycles. The van der Waals surface area contributed by atoms with Crippen molar-refractivity contribution in [3.63, 3.8) is 0 Å². The van der Waals surface area contributed by atoms with Crippen LogP contribution in [0.25, 0.3) is 0 Å². The number of fused-ring (bicyclic) bond motifs is 1. The maximum atomic E-state index is 13.4. The number of hydrogen-bond donors (Lipinski definition) is 3. The number of aliphatic hydroxyl groups excluding tert-OH is 1. The molecular weight excluding hydrogens is 596 g/mol. The van der Waals surface area contributed by atoms with Crippen LogP contribution in [0.1, 0.15) is 72.0 Å². The summed E-state index contributed by atoms with van der Waals surface area (Å²) in [6.07, 6.45) is 6.88. The molecule has 1 aromatic heterocycles. The summed E-state index contributed by atoms with van der Waals surface area (Å²) in [6, 6.07) is 12.4. The standard InChI is InChI=1S/C36H48N6O5/c1-25-35(47-24-38-25)23-46-34-7-6-28-21-40(13-8-27(28)18-34)22-33(44)20-37-36(45)29-16-31(19-32(17-29)42-11-4-3-5-12-42)39-30-9-14-41(15-10-30)26(2)43/h6-7,16-19,24,30,33,39,44H,3-5,8-15,20-23H2,1-2H3,(H,37,45). The van der Waals surface area contributed by atoms with E-state index in [4.69, 9.17) is 9.15 Å². The smallest absolute Gasteiger partial charge is 0.251 e. The third kappa shape index (κ3) is 8.64. The first-order valence-corrected chi connectivity index (χ1v) is 17.0. The predicted octanol–water partition coefficient (Wildman–Crippen LogP) is 4.12. The highest BCUT2D eigenvalue weighted by Crippen LogP contribution is 2.28. The molecule has 3 aliphatic heterocycles. The highest BCUT2D eigenvalue weighted by atomic mass is 16.5. The number of nitrogens with zero attached hydrogens (tertiary/aromatic N) is 4. The third-order valence-corrected chi connectivity index (χ3v) is 9.66. The zero-order chi connectivity index (χ0) is 32.8. The van der Waals surface area contributed by atoms with E-state index in [0.29, 0.717) is 18.7 Å². The number of aromatic nitrogens is 1. The van der Waals surface area contributed by atoms with E-state index in [1.165, 1.54) is 23.9 Å². The lowest BCUT2D eigenvalue weighted by Crippen LogP contribution is -2.42. The van der Waals surface area contributed by atoms with E-state index in [0.717, 1.165) is 100.0 Å². The highest BCUT2D eigenvalue weighted by Gasteiger charge is 2.23. The molecule has 0 bridgehead atoms. The molecule has 3 aliphatic rings. The van der Waals surface area contributed by atoms with E-state index >= 15 is 0 Å². The van der Waals surface area contributed by atoms with E-state index in [1.807, 2.05) is 30.0 Å². The summed E-state index contributed by atoms with van der Waals surface area (Å²) in [5, 5.41) is 17.6. The molecule has 6 rings (SSSR count). The molecule has 11 nitrogen and oxygen atoms in total. The lowest BCUT2D eigenvalue weighted by Gasteiger charge is -2.33. The molecule has 0 aliphatic carbocycles. The molecule has 2 aromatic carbocycles. The van der Waals surface area contributed by atoms with Gasteiger partial charge >= 0.3 is 0 Å². The average Bonchev–Trinajstić information content (AvgIpc) is 3.50. The maximum Gasteiger partial charge on any atom is 0.251 e. The first-order chi connectivity index (χ1) is 22.8. The molecule has 47 heavy (non-hydrogen) atoms. The zero-order valence-corrected chi connectivity index (χ0v) is 27.7. The van der Waals surface area contributed by atoms with Crippen LogP contribution in [0.4, 0.5) is 11.4 Å². The topological polar surface area (TPSA) is 123 Å². The molecule has 1 unspecified atom stereocenters. The van der Waals surface area contributed by atoms with Crippen molar-refractivity contribution < 1.29 is 23.8 Å². The minimum atomic E-state index is -0.692. The van der Waals surface area contributed by atoms with Crippen LogP contribution < -0.4 is 20.3 Å². The zero-order valence-electron chi connectivity index (χ0n) is 27.7. The van der Waals surface area contributed by atoms with E-state index < -0.39 is 6.10 Å². The van der Waals surface area contributed by atoms with E-state index in [9.17, 15) is 14.7 Å². The second-order valence-electron chi connectivity index (χ2n) is 13.2. The summed E-state index contributed by atoms with van der Waals surface area (Å²) in [5.41, 5.74) is 5.87. The van der Waals surface area contributed by atoms with Gasteiger partial charge in [0.15, 0.2) is 12.2 Å². The van der Waals surface area contributed by atoms with Gasteiger partial charge in [-0.05, 0) is 86.9 Å². The van der Waals surface area contributed by atoms with Gasteiger partial charge in [0.2, 0.25) is 5.91 Å². The van der Waals surface area contributed by atoms with Crippen LogP contribution in [0.2, 0.25) is 0 Å². The Balaban J connectivity index is 1.02. The van der Waals surface area contributed by atoms with Crippen molar-refractivity contribution in [1.82, 2.24) is 20.1 Å². The number of anilines is 2. The SMILES string of the molecule is CC(=O)N1CCC(Nc2cc(C(=O)NCC(O)CN3CCc4cc(OCc5ocnc5C)ccc4C3)cc(N3CCCCC3)c2)CC1. The van der Waals surface area contributed by atoms with Crippen LogP contribution in [0, 0.1) is 6.92 Å². The number of amides is 2. The second-order valence-corrected chi connectivity index (χ2v) is 13.2. The normalized spacial score (nSPS) is 18.0. The first kappa shape index (κ1) is 32.8. The van der Waals surface area contributed by atoms with Crippen molar-refractivity contribution >= 4 is 23.2 Å². The number of aryl methyl sites for hydroxylation is 1. The second kappa shape index (κ2) is 15.2. The molecule has 3 N–H and O–H groups in total. The van der Waals surface area contributed by atoms with Crippen molar-refractivity contribution in [2.45, 2.75) is 77.7 Å². The summed E-state index contributed by atoms with van der Waals surface area (Å²) in [4.78, 5) is 35.8. The molecule has 4 heterocycles. The van der Waals surface area contributed by atoms with E-state index in [-0.39, 0.29) is 24.4 Å². The van der Waals surface area contributed by atoms with Gasteiger partial charge in [0.05, 0.1) is 11.8 Å². The van der Waals surface area contributed by atoms with Gasteiger partial charge in [-0.25, -0.2) is 4.98 Å². The number of oxazole rings is 1. The molecule has 2 amide bonds. The van der Waals surface area contributed by atoms with E-state index in [2.05, 4.69) is 43.6 Å². The monoisotopic (exact) mass is 644 g/mol. The van der Waals surface area contributed by atoms with Crippen LogP contribution >= 0.6 is 0 Å². The van der Waals surface area contributed by atoms with Crippen molar-refractivity contribution in [2.24, 2.45) is 0 Å². The number of piperidine rings is 2. The molecule has 0 spiro atoms. The largest absolute Gasteiger partial charge is 0.486 e. The number of benzene rings is 2. The predicted molar refractivity (Wildman–Crippen MR) is 181 cm³/mol. The summed E-state index contributed by atoms with van der Waals surface area (Å²) in [6.45, 7) is 9.52. The summed E-state index contributed by atoms with van der Waals surface area (Å²) < 4.78 is 11.3. The van der Waals surface area contributed by atoms with Crippen LogP contribution in [0.3, 0.4) is 0 Å². The van der Waals surface area contributed by atoms with Gasteiger partial charge in [0, 0.05) is 82.3 Å². The van der Waals surface area contributed by atoms with Crippen LogP contribution in [-0.4, -0.2) is 89.7 Å². The molecule has 0 radical (unpaired) electrons. The maximum absolute atomic E-state index is 13.4. The minimum Gasteiger partial charge on any atom is -0.486 e. The Labute approximate surface area is 277 Å². The molecule has 1 atom stereocenters. The third-order valence-electron chi connectivity index (χ3n) is 9.66. The number of nitrogens with one attached hydrogen (secondary N) is 2. The molecule has 2 fully saturated rings. The lowest BCUT2D eigenvalue weighted by molar-refractivity contribution is -0.129. The fourth-order valence-electron chi connectivity index (χ4n) is 6.86. The Morgan fingerprint density at radius 3 is 2.60 bits per heavy atom. The van der Waals surface area contributed by atoms with Crippen LogP contribution in [0.5, 0.6) is 5.75 Å². The molecular formula is C36H48N6O5. The Bertz CT molecular complexity index is 1530. The van der Waals surface area contributed by atoms with E-state index in [1.54, 1.807) is 6.92 Å². The first-order valence-electron chi connectivity index (χ1n) is 17.0. The van der Waals surface area contributed by atoms with Crippen molar-refractivity contribution in [2.75, 3.05) is 56.0 Å². The number of likely N-dealkylation sites (tertiary alicyclic amines) is 1. The van der Waals surface area contributed by atoms with Crippen molar-refractivity contribution in [3.8, 4) is 5.75 Å². The molecule has 3 aromatic rings. The Kier molecular flexibility index (Phi) is 10.6.